The van der Waals surface area contributed by atoms with Crippen LogP contribution in [-0.4, -0.2) is 29.5 Å². The van der Waals surface area contributed by atoms with Crippen LogP contribution in [0.2, 0.25) is 0 Å². The van der Waals surface area contributed by atoms with Gasteiger partial charge in [0.1, 0.15) is 0 Å². The second-order valence-electron chi connectivity index (χ2n) is 3.65. The number of rotatable bonds is 8. The fourth-order valence-electron chi connectivity index (χ4n) is 1.41. The van der Waals surface area contributed by atoms with Crippen molar-refractivity contribution in [2.24, 2.45) is 5.50 Å². The fourth-order valence-corrected chi connectivity index (χ4v) is 3.31. The molecule has 0 aromatic heterocycles. The lowest BCUT2D eigenvalue weighted by molar-refractivity contribution is 0.257. The van der Waals surface area contributed by atoms with Crippen molar-refractivity contribution in [3.05, 3.63) is 35.9 Å². The first-order valence-corrected chi connectivity index (χ1v) is 8.26. The highest BCUT2D eigenvalue weighted by atomic mass is 35.5. The Hall–Kier alpha value is -0.0900. The van der Waals surface area contributed by atoms with Crippen LogP contribution in [-0.2, 0) is 15.7 Å². The van der Waals surface area contributed by atoms with Gasteiger partial charge in [0.25, 0.3) is 0 Å². The van der Waals surface area contributed by atoms with Gasteiger partial charge in [-0.25, -0.2) is 10.2 Å². The molecule has 0 aliphatic carbocycles. The Balaban J connectivity index is 2.59. The summed E-state index contributed by atoms with van der Waals surface area (Å²) in [6.45, 7) is 0.976. The predicted molar refractivity (Wildman–Crippen MR) is 76.0 cm³/mol. The summed E-state index contributed by atoms with van der Waals surface area (Å²) in [6, 6.07) is 9.44. The van der Waals surface area contributed by atoms with Gasteiger partial charge in [-0.15, -0.1) is 23.2 Å². The molecule has 2 N–H and O–H groups in total. The topological polar surface area (TPSA) is 55.6 Å². The maximum Gasteiger partial charge on any atom is 0.341 e. The van der Waals surface area contributed by atoms with E-state index in [2.05, 4.69) is 0 Å². The van der Waals surface area contributed by atoms with Crippen molar-refractivity contribution in [3.63, 3.8) is 0 Å². The summed E-state index contributed by atoms with van der Waals surface area (Å²) in [5.41, 5.74) is 6.64. The van der Waals surface area contributed by atoms with E-state index in [1.165, 1.54) is 4.67 Å². The Bertz CT molecular complexity index is 386. The van der Waals surface area contributed by atoms with Gasteiger partial charge in [-0.3, -0.25) is 4.57 Å². The number of benzene rings is 1. The van der Waals surface area contributed by atoms with Crippen LogP contribution in [0.4, 0.5) is 0 Å². The predicted octanol–water partition coefficient (Wildman–Crippen LogP) is 3.05. The normalized spacial score (nSPS) is 14.7. The molecule has 1 aromatic carbocycles. The van der Waals surface area contributed by atoms with E-state index < -0.39 is 7.67 Å². The summed E-state index contributed by atoms with van der Waals surface area (Å²) in [5, 5.41) is 0. The monoisotopic (exact) mass is 310 g/mol. The highest BCUT2D eigenvalue weighted by Crippen LogP contribution is 2.43. The van der Waals surface area contributed by atoms with E-state index in [0.717, 1.165) is 5.56 Å². The third kappa shape index (κ3) is 5.27. The maximum atomic E-state index is 12.2. The second kappa shape index (κ2) is 8.16. The molecule has 18 heavy (non-hydrogen) atoms. The molecule has 4 nitrogen and oxygen atoms in total. The van der Waals surface area contributed by atoms with Gasteiger partial charge in [0.05, 0.1) is 6.61 Å². The van der Waals surface area contributed by atoms with Gasteiger partial charge in [-0.1, -0.05) is 30.3 Å². The van der Waals surface area contributed by atoms with Gasteiger partial charge in [0.2, 0.25) is 0 Å². The summed E-state index contributed by atoms with van der Waals surface area (Å²) in [4.78, 5) is 0. The minimum atomic E-state index is -3.34. The summed E-state index contributed by atoms with van der Waals surface area (Å²) >= 11 is 11.3. The Morgan fingerprint density at radius 2 is 1.72 bits per heavy atom. The van der Waals surface area contributed by atoms with Crippen molar-refractivity contribution in [1.82, 2.24) is 4.67 Å². The zero-order chi connectivity index (χ0) is 13.4. The van der Waals surface area contributed by atoms with E-state index in [1.807, 2.05) is 30.3 Å². The van der Waals surface area contributed by atoms with Crippen molar-refractivity contribution < 1.29 is 9.09 Å². The minimum absolute atomic E-state index is 0.204. The summed E-state index contributed by atoms with van der Waals surface area (Å²) in [6.07, 6.45) is 0. The van der Waals surface area contributed by atoms with Crippen LogP contribution in [0.3, 0.4) is 0 Å². The molecule has 0 unspecified atom stereocenters. The first-order valence-electron chi connectivity index (χ1n) is 5.54. The van der Waals surface area contributed by atoms with Crippen LogP contribution in [0, 0.1) is 0 Å². The SMILES string of the molecule is N[P@@](=O)(OCc1ccccc1)N(CCCl)CCCl. The van der Waals surface area contributed by atoms with Gasteiger partial charge in [0.15, 0.2) is 0 Å². The fraction of sp³-hybridized carbons (Fsp3) is 0.455. The lowest BCUT2D eigenvalue weighted by Gasteiger charge is -2.26. The molecule has 0 saturated heterocycles. The van der Waals surface area contributed by atoms with E-state index in [9.17, 15) is 4.57 Å². The number of nitrogens with zero attached hydrogens (tertiary/aromatic N) is 1. The Morgan fingerprint density at radius 1 is 1.17 bits per heavy atom. The Morgan fingerprint density at radius 3 is 2.22 bits per heavy atom. The maximum absolute atomic E-state index is 12.2. The molecule has 7 heteroatoms. The van der Waals surface area contributed by atoms with Crippen LogP contribution in [0.1, 0.15) is 5.56 Å². The molecule has 1 rings (SSSR count). The molecule has 0 radical (unpaired) electrons. The van der Waals surface area contributed by atoms with Gasteiger partial charge < -0.3 is 4.52 Å². The number of halogens is 2. The number of hydrogen-bond acceptors (Lipinski definition) is 2. The third-order valence-electron chi connectivity index (χ3n) is 2.34. The highest BCUT2D eigenvalue weighted by Gasteiger charge is 2.26. The van der Waals surface area contributed by atoms with Crippen molar-refractivity contribution in [2.75, 3.05) is 24.8 Å². The number of alkyl halides is 2. The smallest absolute Gasteiger partial charge is 0.301 e. The molecule has 1 atom stereocenters. The van der Waals surface area contributed by atoms with Crippen LogP contribution in [0.25, 0.3) is 0 Å². The summed E-state index contributed by atoms with van der Waals surface area (Å²) in [7, 11) is -3.34. The molecule has 0 heterocycles. The summed E-state index contributed by atoms with van der Waals surface area (Å²) < 4.78 is 19.1. The molecule has 0 fully saturated rings. The lowest BCUT2D eigenvalue weighted by Crippen LogP contribution is -2.29. The van der Waals surface area contributed by atoms with Gasteiger partial charge in [-0.2, -0.15) is 0 Å². The minimum Gasteiger partial charge on any atom is -0.301 e. The zero-order valence-corrected chi connectivity index (χ0v) is 12.4. The van der Waals surface area contributed by atoms with Crippen LogP contribution in [0.15, 0.2) is 30.3 Å². The standard InChI is InChI=1S/C11H17Cl2N2O2P/c12-6-8-15(9-7-13)18(14,16)17-10-11-4-2-1-3-5-11/h1-5H,6-10H2,(H2,14,16)/t18-/m1/s1. The quantitative estimate of drug-likeness (QED) is 0.592. The average Bonchev–Trinajstić information content (AvgIpc) is 2.37. The molecule has 1 aromatic rings. The first-order chi connectivity index (χ1) is 8.60. The van der Waals surface area contributed by atoms with Crippen LogP contribution in [0.5, 0.6) is 0 Å². The molecular weight excluding hydrogens is 294 g/mol. The summed E-state index contributed by atoms with van der Waals surface area (Å²) in [5.74, 6) is 0.652. The Kier molecular flexibility index (Phi) is 7.23. The van der Waals surface area contributed by atoms with Gasteiger partial charge in [-0.05, 0) is 5.56 Å². The molecule has 0 saturated carbocycles. The molecule has 0 aliphatic rings. The third-order valence-corrected chi connectivity index (χ3v) is 4.36. The van der Waals surface area contributed by atoms with Crippen LogP contribution < -0.4 is 5.50 Å². The van der Waals surface area contributed by atoms with E-state index in [-0.39, 0.29) is 6.61 Å². The van der Waals surface area contributed by atoms with Crippen molar-refractivity contribution in [2.45, 2.75) is 6.61 Å². The van der Waals surface area contributed by atoms with Gasteiger partial charge >= 0.3 is 7.67 Å². The number of nitrogens with two attached hydrogens (primary N) is 1. The van der Waals surface area contributed by atoms with E-state index in [1.54, 1.807) is 0 Å². The molecule has 0 spiro atoms. The lowest BCUT2D eigenvalue weighted by atomic mass is 10.2. The van der Waals surface area contributed by atoms with E-state index >= 15 is 0 Å². The van der Waals surface area contributed by atoms with E-state index in [0.29, 0.717) is 24.8 Å². The molecular formula is C11H17Cl2N2O2P. The van der Waals surface area contributed by atoms with E-state index in [4.69, 9.17) is 33.2 Å². The number of hydrogen-bond donors (Lipinski definition) is 1. The highest BCUT2D eigenvalue weighted by molar-refractivity contribution is 7.53. The molecule has 0 bridgehead atoms. The molecule has 0 aliphatic heterocycles. The zero-order valence-electron chi connectivity index (χ0n) is 9.97. The van der Waals surface area contributed by atoms with Crippen molar-refractivity contribution >= 4 is 30.9 Å². The average molecular weight is 311 g/mol. The Labute approximate surface area is 118 Å². The largest absolute Gasteiger partial charge is 0.341 e. The first kappa shape index (κ1) is 16.0. The van der Waals surface area contributed by atoms with Crippen LogP contribution >= 0.6 is 30.9 Å². The molecule has 102 valence electrons. The van der Waals surface area contributed by atoms with Gasteiger partial charge in [0, 0.05) is 24.8 Å². The second-order valence-corrected chi connectivity index (χ2v) is 6.36. The van der Waals surface area contributed by atoms with Crippen molar-refractivity contribution in [3.8, 4) is 0 Å². The molecule has 0 amide bonds. The van der Waals surface area contributed by atoms with Crippen molar-refractivity contribution in [1.29, 1.82) is 0 Å².